The van der Waals surface area contributed by atoms with E-state index in [1.54, 1.807) is 18.2 Å². The Morgan fingerprint density at radius 2 is 1.72 bits per heavy atom. The van der Waals surface area contributed by atoms with Crippen LogP contribution in [0.15, 0.2) is 60.8 Å². The zero-order valence-corrected chi connectivity index (χ0v) is 14.2. The van der Waals surface area contributed by atoms with Crippen LogP contribution in [0.3, 0.4) is 0 Å². The first-order chi connectivity index (χ1) is 12.2. The van der Waals surface area contributed by atoms with E-state index >= 15 is 0 Å². The van der Waals surface area contributed by atoms with Gasteiger partial charge in [0.25, 0.3) is 0 Å². The van der Waals surface area contributed by atoms with E-state index in [1.165, 1.54) is 17.3 Å². The topological polar surface area (TPSA) is 30.7 Å². The van der Waals surface area contributed by atoms with Gasteiger partial charge in [0.2, 0.25) is 0 Å². The zero-order valence-electron chi connectivity index (χ0n) is 14.2. The highest BCUT2D eigenvalue weighted by atomic mass is 19.1. The first-order valence-electron chi connectivity index (χ1n) is 8.38. The Bertz CT molecular complexity index is 1070. The molecule has 0 amide bonds. The van der Waals surface area contributed by atoms with Crippen molar-refractivity contribution in [2.45, 2.75) is 20.3 Å². The molecule has 124 valence electrons. The van der Waals surface area contributed by atoms with Crippen molar-refractivity contribution in [3.05, 3.63) is 77.9 Å². The van der Waals surface area contributed by atoms with Crippen molar-refractivity contribution < 1.29 is 4.39 Å². The Balaban J connectivity index is 2.05. The van der Waals surface area contributed by atoms with Gasteiger partial charge in [-0.3, -0.25) is 0 Å². The Kier molecular flexibility index (Phi) is 3.80. The highest BCUT2D eigenvalue weighted by Gasteiger charge is 2.15. The van der Waals surface area contributed by atoms with Crippen molar-refractivity contribution in [2.75, 3.05) is 0 Å². The molecule has 4 aromatic rings. The third-order valence-electron chi connectivity index (χ3n) is 4.48. The lowest BCUT2D eigenvalue weighted by Crippen LogP contribution is -2.05. The maximum atomic E-state index is 14.3. The van der Waals surface area contributed by atoms with E-state index < -0.39 is 0 Å². The molecule has 4 rings (SSSR count). The van der Waals surface area contributed by atoms with E-state index in [-0.39, 0.29) is 5.82 Å². The molecule has 0 fully saturated rings. The van der Waals surface area contributed by atoms with Crippen LogP contribution in [0, 0.1) is 12.7 Å². The molecule has 2 aromatic heterocycles. The Labute approximate surface area is 145 Å². The van der Waals surface area contributed by atoms with E-state index in [2.05, 4.69) is 29.5 Å². The smallest absolute Gasteiger partial charge is 0.165 e. The van der Waals surface area contributed by atoms with Crippen LogP contribution >= 0.6 is 0 Å². The van der Waals surface area contributed by atoms with Crippen LogP contribution in [0.5, 0.6) is 0 Å². The van der Waals surface area contributed by atoms with Crippen molar-refractivity contribution >= 4 is 10.9 Å². The molecule has 0 aliphatic heterocycles. The van der Waals surface area contributed by atoms with Gasteiger partial charge < -0.3 is 4.57 Å². The molecule has 25 heavy (non-hydrogen) atoms. The fraction of sp³-hybridized carbons (Fsp3) is 0.143. The van der Waals surface area contributed by atoms with Gasteiger partial charge in [-0.2, -0.15) is 0 Å². The number of benzene rings is 2. The molecule has 0 saturated carbocycles. The van der Waals surface area contributed by atoms with Gasteiger partial charge in [-0.15, -0.1) is 0 Å². The van der Waals surface area contributed by atoms with Crippen molar-refractivity contribution in [3.8, 4) is 17.2 Å². The number of aryl methyl sites for hydroxylation is 1. The molecule has 3 nitrogen and oxygen atoms in total. The van der Waals surface area contributed by atoms with Crippen LogP contribution in [-0.2, 0) is 6.42 Å². The zero-order chi connectivity index (χ0) is 17.4. The van der Waals surface area contributed by atoms with Gasteiger partial charge >= 0.3 is 0 Å². The molecule has 0 radical (unpaired) electrons. The molecule has 2 heterocycles. The highest BCUT2D eigenvalue weighted by molar-refractivity contribution is 5.87. The number of rotatable bonds is 3. The van der Waals surface area contributed by atoms with Crippen molar-refractivity contribution in [2.24, 2.45) is 0 Å². The largest absolute Gasteiger partial charge is 0.305 e. The third kappa shape index (κ3) is 2.60. The SMILES string of the molecule is CCc1c(C)ccn1-c1nc(-c2ccccc2F)nc2ccccc12. The average molecular weight is 331 g/mol. The first kappa shape index (κ1) is 15.5. The monoisotopic (exact) mass is 331 g/mol. The number of aromatic nitrogens is 3. The number of fused-ring (bicyclic) bond motifs is 1. The highest BCUT2D eigenvalue weighted by Crippen LogP contribution is 2.27. The molecule has 0 atom stereocenters. The van der Waals surface area contributed by atoms with Crippen molar-refractivity contribution in [3.63, 3.8) is 0 Å². The summed E-state index contributed by atoms with van der Waals surface area (Å²) in [6, 6.07) is 16.6. The van der Waals surface area contributed by atoms with Gasteiger partial charge in [-0.05, 0) is 49.2 Å². The quantitative estimate of drug-likeness (QED) is 0.523. The van der Waals surface area contributed by atoms with Crippen LogP contribution in [-0.4, -0.2) is 14.5 Å². The van der Waals surface area contributed by atoms with E-state index in [0.717, 1.165) is 23.1 Å². The van der Waals surface area contributed by atoms with Crippen molar-refractivity contribution in [1.82, 2.24) is 14.5 Å². The number of hydrogen-bond donors (Lipinski definition) is 0. The van der Waals surface area contributed by atoms with Crippen molar-refractivity contribution in [1.29, 1.82) is 0 Å². The van der Waals surface area contributed by atoms with Crippen LogP contribution in [0.1, 0.15) is 18.2 Å². The molecular formula is C21H18FN3. The fourth-order valence-corrected chi connectivity index (χ4v) is 3.22. The minimum atomic E-state index is -0.317. The lowest BCUT2D eigenvalue weighted by molar-refractivity contribution is 0.630. The number of nitrogens with zero attached hydrogens (tertiary/aromatic N) is 3. The lowest BCUT2D eigenvalue weighted by Gasteiger charge is -2.13. The van der Waals surface area contributed by atoms with Gasteiger partial charge in [0.05, 0.1) is 11.1 Å². The van der Waals surface area contributed by atoms with E-state index in [1.807, 2.05) is 30.5 Å². The molecule has 0 aliphatic rings. The number of hydrogen-bond acceptors (Lipinski definition) is 2. The third-order valence-corrected chi connectivity index (χ3v) is 4.48. The lowest BCUT2D eigenvalue weighted by atomic mass is 10.1. The maximum absolute atomic E-state index is 14.3. The summed E-state index contributed by atoms with van der Waals surface area (Å²) < 4.78 is 16.4. The molecule has 0 aliphatic carbocycles. The molecule has 0 spiro atoms. The second-order valence-corrected chi connectivity index (χ2v) is 6.04. The maximum Gasteiger partial charge on any atom is 0.165 e. The summed E-state index contributed by atoms with van der Waals surface area (Å²) in [5.41, 5.74) is 3.64. The van der Waals surface area contributed by atoms with Gasteiger partial charge in [-0.25, -0.2) is 14.4 Å². The summed E-state index contributed by atoms with van der Waals surface area (Å²) in [6.07, 6.45) is 2.92. The molecule has 0 saturated heterocycles. The summed E-state index contributed by atoms with van der Waals surface area (Å²) in [5, 5.41) is 0.952. The molecule has 0 N–H and O–H groups in total. The normalized spacial score (nSPS) is 11.2. The van der Waals surface area contributed by atoms with E-state index in [9.17, 15) is 4.39 Å². The van der Waals surface area contributed by atoms with Gasteiger partial charge in [-0.1, -0.05) is 31.2 Å². The fourth-order valence-electron chi connectivity index (χ4n) is 3.22. The summed E-state index contributed by atoms with van der Waals surface area (Å²) in [6.45, 7) is 4.22. The summed E-state index contributed by atoms with van der Waals surface area (Å²) in [4.78, 5) is 9.33. The first-order valence-corrected chi connectivity index (χ1v) is 8.38. The Morgan fingerprint density at radius 1 is 0.960 bits per heavy atom. The van der Waals surface area contributed by atoms with Gasteiger partial charge in [0, 0.05) is 17.3 Å². The Morgan fingerprint density at radius 3 is 2.52 bits per heavy atom. The predicted molar refractivity (Wildman–Crippen MR) is 98.4 cm³/mol. The van der Waals surface area contributed by atoms with Gasteiger partial charge in [0.1, 0.15) is 11.6 Å². The standard InChI is InChI=1S/C21H18FN3/c1-3-19-14(2)12-13-25(19)21-16-9-5-7-11-18(16)23-20(24-21)15-8-4-6-10-17(15)22/h4-13H,3H2,1-2H3. The van der Waals surface area contributed by atoms with Crippen LogP contribution < -0.4 is 0 Å². The average Bonchev–Trinajstić information content (AvgIpc) is 3.01. The predicted octanol–water partition coefficient (Wildman–Crippen LogP) is 5.10. The summed E-state index contributed by atoms with van der Waals surface area (Å²) >= 11 is 0. The minimum absolute atomic E-state index is 0.317. The summed E-state index contributed by atoms with van der Waals surface area (Å²) in [5.74, 6) is 0.872. The van der Waals surface area contributed by atoms with Crippen LogP contribution in [0.2, 0.25) is 0 Å². The van der Waals surface area contributed by atoms with E-state index in [4.69, 9.17) is 4.98 Å². The molecule has 4 heteroatoms. The Hall–Kier alpha value is -3.01. The van der Waals surface area contributed by atoms with Crippen LogP contribution in [0.4, 0.5) is 4.39 Å². The minimum Gasteiger partial charge on any atom is -0.305 e. The summed E-state index contributed by atoms with van der Waals surface area (Å²) in [7, 11) is 0. The molecule has 2 aromatic carbocycles. The second-order valence-electron chi connectivity index (χ2n) is 6.04. The van der Waals surface area contributed by atoms with Crippen LogP contribution in [0.25, 0.3) is 28.1 Å². The van der Waals surface area contributed by atoms with E-state index in [0.29, 0.717) is 11.4 Å². The number of halogens is 1. The molecular weight excluding hydrogens is 313 g/mol. The van der Waals surface area contributed by atoms with Gasteiger partial charge in [0.15, 0.2) is 5.82 Å². The second kappa shape index (κ2) is 6.13. The molecule has 0 unspecified atom stereocenters. The number of para-hydroxylation sites is 1. The molecule has 0 bridgehead atoms.